The number of nitrogens with one attached hydrogen (secondary N) is 2. The Morgan fingerprint density at radius 3 is 2.54 bits per heavy atom. The molecule has 11 heteroatoms. The molecular formula is C26H22F4N4O3. The van der Waals surface area contributed by atoms with Gasteiger partial charge >= 0.3 is 0 Å². The lowest BCUT2D eigenvalue weighted by molar-refractivity contribution is -0.0785. The van der Waals surface area contributed by atoms with Crippen molar-refractivity contribution < 1.29 is 27.5 Å². The summed E-state index contributed by atoms with van der Waals surface area (Å²) >= 11 is 0. The van der Waals surface area contributed by atoms with Crippen molar-refractivity contribution in [1.29, 1.82) is 0 Å². The number of halogens is 4. The number of hydrogen-bond donors (Lipinski definition) is 3. The lowest BCUT2D eigenvalue weighted by Gasteiger charge is -2.26. The molecule has 1 saturated carbocycles. The fraction of sp³-hybridized carbons (Fsp3) is 0.269. The standard InChI is InChI=1S/C26H22F4N4O3/c1-13-2-3-16(10-19(13)28)23-32-25(37)21-20(14-4-5-14)18(11-34(21)33-23)24(36)31-22(26(29,30)12-35)15-6-8-17(27)9-7-15/h2-3,6-11,14,22,35H,4-5,12H2,1H3,(H,31,36)(H,32,33,37). The van der Waals surface area contributed by atoms with Gasteiger partial charge in [-0.05, 0) is 55.0 Å². The number of nitrogens with zero attached hydrogens (tertiary/aromatic N) is 2. The van der Waals surface area contributed by atoms with Crippen LogP contribution in [0.1, 0.15) is 51.8 Å². The zero-order valence-corrected chi connectivity index (χ0v) is 19.6. The summed E-state index contributed by atoms with van der Waals surface area (Å²) < 4.78 is 58.0. The van der Waals surface area contributed by atoms with Gasteiger partial charge in [-0.15, -0.1) is 5.10 Å². The molecule has 7 nitrogen and oxygen atoms in total. The molecule has 2 aromatic carbocycles. The molecule has 1 unspecified atom stereocenters. The van der Waals surface area contributed by atoms with Crippen molar-refractivity contribution in [3.63, 3.8) is 0 Å². The highest BCUT2D eigenvalue weighted by molar-refractivity contribution is 5.98. The highest BCUT2D eigenvalue weighted by atomic mass is 19.3. The second-order valence-corrected chi connectivity index (χ2v) is 9.17. The summed E-state index contributed by atoms with van der Waals surface area (Å²) in [4.78, 5) is 29.0. The maximum absolute atomic E-state index is 14.7. The minimum absolute atomic E-state index is 0.0198. The number of benzene rings is 2. The summed E-state index contributed by atoms with van der Waals surface area (Å²) in [5.41, 5.74) is 0.503. The highest BCUT2D eigenvalue weighted by Gasteiger charge is 2.42. The molecule has 1 atom stereocenters. The third kappa shape index (κ3) is 4.62. The third-order valence-corrected chi connectivity index (χ3v) is 6.47. The SMILES string of the molecule is Cc1ccc(-c2nn3cc(C(=O)NC(c4ccc(F)cc4)C(F)(F)CO)c(C4CC4)c3c(=O)[nH]2)cc1F. The van der Waals surface area contributed by atoms with Crippen molar-refractivity contribution in [3.8, 4) is 11.4 Å². The number of hydrogen-bond acceptors (Lipinski definition) is 4. The Morgan fingerprint density at radius 1 is 1.22 bits per heavy atom. The minimum atomic E-state index is -3.76. The van der Waals surface area contributed by atoms with E-state index in [0.29, 0.717) is 29.5 Å². The molecule has 37 heavy (non-hydrogen) atoms. The van der Waals surface area contributed by atoms with Crippen LogP contribution in [0.2, 0.25) is 0 Å². The van der Waals surface area contributed by atoms with E-state index in [1.807, 2.05) is 0 Å². The number of aryl methyl sites for hydroxylation is 1. The Bertz CT molecular complexity index is 1560. The van der Waals surface area contributed by atoms with Crippen LogP contribution >= 0.6 is 0 Å². The number of aromatic nitrogens is 3. The summed E-state index contributed by atoms with van der Waals surface area (Å²) in [6.45, 7) is 0.0387. The number of fused-ring (bicyclic) bond motifs is 1. The van der Waals surface area contributed by atoms with Gasteiger partial charge in [0.25, 0.3) is 17.4 Å². The molecule has 1 aliphatic carbocycles. The third-order valence-electron chi connectivity index (χ3n) is 6.47. The summed E-state index contributed by atoms with van der Waals surface area (Å²) in [5.74, 6) is -5.87. The number of carbonyl (C=O) groups is 1. The van der Waals surface area contributed by atoms with Crippen LogP contribution in [-0.2, 0) is 0 Å². The molecule has 5 rings (SSSR count). The van der Waals surface area contributed by atoms with Crippen molar-refractivity contribution in [3.05, 3.63) is 92.9 Å². The lowest BCUT2D eigenvalue weighted by atomic mass is 9.99. The Kier molecular flexibility index (Phi) is 6.10. The molecule has 192 valence electrons. The van der Waals surface area contributed by atoms with Crippen LogP contribution in [-0.4, -0.2) is 38.1 Å². The summed E-state index contributed by atoms with van der Waals surface area (Å²) in [5, 5.41) is 15.9. The molecule has 0 radical (unpaired) electrons. The molecule has 1 amide bonds. The molecule has 0 bridgehead atoms. The number of aliphatic hydroxyl groups is 1. The van der Waals surface area contributed by atoms with Gasteiger partial charge in [-0.25, -0.2) is 22.1 Å². The van der Waals surface area contributed by atoms with Crippen LogP contribution in [0, 0.1) is 18.6 Å². The van der Waals surface area contributed by atoms with Crippen LogP contribution in [0.5, 0.6) is 0 Å². The average Bonchev–Trinajstić information content (AvgIpc) is 3.63. The lowest BCUT2D eigenvalue weighted by Crippen LogP contribution is -2.43. The van der Waals surface area contributed by atoms with E-state index in [1.54, 1.807) is 13.0 Å². The summed E-state index contributed by atoms with van der Waals surface area (Å²) in [6.07, 6.45) is 2.66. The zero-order chi connectivity index (χ0) is 26.5. The minimum Gasteiger partial charge on any atom is -0.390 e. The van der Waals surface area contributed by atoms with E-state index in [2.05, 4.69) is 15.4 Å². The Balaban J connectivity index is 1.58. The number of amides is 1. The Hall–Kier alpha value is -3.99. The van der Waals surface area contributed by atoms with Crippen molar-refractivity contribution in [1.82, 2.24) is 19.9 Å². The van der Waals surface area contributed by atoms with Crippen LogP contribution < -0.4 is 10.9 Å². The van der Waals surface area contributed by atoms with Gasteiger partial charge in [0.15, 0.2) is 5.82 Å². The predicted molar refractivity (Wildman–Crippen MR) is 127 cm³/mol. The zero-order valence-electron chi connectivity index (χ0n) is 19.6. The van der Waals surface area contributed by atoms with E-state index in [0.717, 1.165) is 24.3 Å². The van der Waals surface area contributed by atoms with Crippen LogP contribution in [0.4, 0.5) is 17.6 Å². The fourth-order valence-electron chi connectivity index (χ4n) is 4.34. The van der Waals surface area contributed by atoms with E-state index in [-0.39, 0.29) is 28.4 Å². The van der Waals surface area contributed by atoms with Crippen molar-refractivity contribution in [2.75, 3.05) is 6.61 Å². The van der Waals surface area contributed by atoms with Gasteiger partial charge in [0.2, 0.25) is 0 Å². The molecule has 1 fully saturated rings. The first kappa shape index (κ1) is 24.7. The van der Waals surface area contributed by atoms with E-state index in [1.165, 1.54) is 22.8 Å². The van der Waals surface area contributed by atoms with Gasteiger partial charge in [-0.3, -0.25) is 9.59 Å². The molecule has 0 aliphatic heterocycles. The largest absolute Gasteiger partial charge is 0.390 e. The molecule has 0 spiro atoms. The topological polar surface area (TPSA) is 99.5 Å². The van der Waals surface area contributed by atoms with Crippen molar-refractivity contribution in [2.24, 2.45) is 0 Å². The Labute approximate surface area is 207 Å². The molecule has 4 aromatic rings. The summed E-state index contributed by atoms with van der Waals surface area (Å²) in [7, 11) is 0. The maximum atomic E-state index is 14.7. The number of carbonyl (C=O) groups excluding carboxylic acids is 1. The smallest absolute Gasteiger partial charge is 0.294 e. The number of H-pyrrole nitrogens is 1. The van der Waals surface area contributed by atoms with E-state index >= 15 is 0 Å². The van der Waals surface area contributed by atoms with Crippen LogP contribution in [0.3, 0.4) is 0 Å². The van der Waals surface area contributed by atoms with Gasteiger partial charge in [0.1, 0.15) is 29.8 Å². The molecule has 2 heterocycles. The molecule has 3 N–H and O–H groups in total. The number of aliphatic hydroxyl groups excluding tert-OH is 1. The van der Waals surface area contributed by atoms with Gasteiger partial charge in [0, 0.05) is 17.3 Å². The molecule has 0 saturated heterocycles. The average molecular weight is 514 g/mol. The number of rotatable bonds is 7. The first-order valence-electron chi connectivity index (χ1n) is 11.6. The second kappa shape index (κ2) is 9.15. The molecular weight excluding hydrogens is 492 g/mol. The van der Waals surface area contributed by atoms with Gasteiger partial charge in [0.05, 0.1) is 5.56 Å². The highest BCUT2D eigenvalue weighted by Crippen LogP contribution is 2.44. The predicted octanol–water partition coefficient (Wildman–Crippen LogP) is 4.25. The van der Waals surface area contributed by atoms with Gasteiger partial charge < -0.3 is 15.4 Å². The van der Waals surface area contributed by atoms with Crippen LogP contribution in [0.25, 0.3) is 16.9 Å². The summed E-state index contributed by atoms with van der Waals surface area (Å²) in [6, 6.07) is 6.54. The quantitative estimate of drug-likeness (QED) is 0.321. The normalized spacial score (nSPS) is 14.6. The van der Waals surface area contributed by atoms with E-state index in [9.17, 15) is 32.3 Å². The van der Waals surface area contributed by atoms with Gasteiger partial charge in [-0.1, -0.05) is 24.3 Å². The number of aromatic amines is 1. The van der Waals surface area contributed by atoms with Gasteiger partial charge in [-0.2, -0.15) is 0 Å². The van der Waals surface area contributed by atoms with Crippen molar-refractivity contribution in [2.45, 2.75) is 37.6 Å². The Morgan fingerprint density at radius 2 is 1.92 bits per heavy atom. The monoisotopic (exact) mass is 514 g/mol. The molecule has 1 aliphatic rings. The fourth-order valence-corrected chi connectivity index (χ4v) is 4.34. The van der Waals surface area contributed by atoms with Crippen LogP contribution in [0.15, 0.2) is 53.5 Å². The van der Waals surface area contributed by atoms with Crippen molar-refractivity contribution >= 4 is 11.4 Å². The first-order chi connectivity index (χ1) is 17.6. The van der Waals surface area contributed by atoms with E-state index < -0.39 is 41.7 Å². The molecule has 2 aromatic heterocycles. The second-order valence-electron chi connectivity index (χ2n) is 9.17. The van der Waals surface area contributed by atoms with E-state index in [4.69, 9.17) is 0 Å². The maximum Gasteiger partial charge on any atom is 0.294 e. The number of alkyl halides is 2. The first-order valence-corrected chi connectivity index (χ1v) is 11.6.